The molecule has 0 spiro atoms. The average molecular weight is 416 g/mol. The van der Waals surface area contributed by atoms with E-state index in [1.807, 2.05) is 0 Å². The zero-order valence-corrected chi connectivity index (χ0v) is 15.2. The molecule has 0 saturated carbocycles. The normalized spacial score (nSPS) is 18.9. The van der Waals surface area contributed by atoms with E-state index in [1.165, 1.54) is 20.4 Å². The van der Waals surface area contributed by atoms with Gasteiger partial charge in [-0.15, -0.1) is 5.10 Å². The highest BCUT2D eigenvalue weighted by atomic mass is 79.9. The summed E-state index contributed by atoms with van der Waals surface area (Å²) in [4.78, 5) is 22.2. The highest BCUT2D eigenvalue weighted by Gasteiger charge is 2.32. The van der Waals surface area contributed by atoms with E-state index in [2.05, 4.69) is 31.4 Å². The van der Waals surface area contributed by atoms with Crippen molar-refractivity contribution in [1.29, 1.82) is 0 Å². The predicted molar refractivity (Wildman–Crippen MR) is 94.0 cm³/mol. The van der Waals surface area contributed by atoms with E-state index in [-0.39, 0.29) is 17.5 Å². The summed E-state index contributed by atoms with van der Waals surface area (Å²) in [6.45, 7) is 0. The minimum atomic E-state index is -1.04. The van der Waals surface area contributed by atoms with Gasteiger partial charge in [0.2, 0.25) is 5.91 Å². The summed E-state index contributed by atoms with van der Waals surface area (Å²) in [7, 11) is 3.06. The quantitative estimate of drug-likeness (QED) is 0.541. The van der Waals surface area contributed by atoms with Crippen LogP contribution in [0.3, 0.4) is 0 Å². The summed E-state index contributed by atoms with van der Waals surface area (Å²) in [5, 5.41) is 18.6. The summed E-state index contributed by atoms with van der Waals surface area (Å²) in [5.74, 6) is -0.324. The third-order valence-electron chi connectivity index (χ3n) is 2.95. The smallest absolute Gasteiger partial charge is 0.305 e. The van der Waals surface area contributed by atoms with Crippen LogP contribution in [0, 0.1) is 0 Å². The topological polar surface area (TPSA) is 110 Å². The molecule has 2 N–H and O–H groups in total. The fourth-order valence-corrected chi connectivity index (χ4v) is 3.44. The number of carboxylic acids is 1. The summed E-state index contributed by atoms with van der Waals surface area (Å²) in [6, 6.07) is 3.50. The first-order valence-electron chi connectivity index (χ1n) is 6.66. The number of carboxylic acid groups (broad SMARTS) is 1. The minimum Gasteiger partial charge on any atom is -0.493 e. The number of nitrogens with one attached hydrogen (secondary N) is 1. The van der Waals surface area contributed by atoms with Crippen LogP contribution < -0.4 is 14.8 Å². The number of aliphatic carboxylic acids is 1. The van der Waals surface area contributed by atoms with Gasteiger partial charge in [0.05, 0.1) is 31.3 Å². The molecular weight excluding hydrogens is 402 g/mol. The molecule has 24 heavy (non-hydrogen) atoms. The molecular formula is C14H14BrN3O5S. The maximum atomic E-state index is 11.6. The number of thioether (sulfide) groups is 1. The van der Waals surface area contributed by atoms with E-state index in [0.29, 0.717) is 21.5 Å². The van der Waals surface area contributed by atoms with Crippen LogP contribution in [0.4, 0.5) is 0 Å². The number of benzene rings is 1. The third-order valence-corrected chi connectivity index (χ3v) is 4.61. The van der Waals surface area contributed by atoms with Gasteiger partial charge in [-0.05, 0) is 33.6 Å². The van der Waals surface area contributed by atoms with Crippen molar-refractivity contribution in [3.8, 4) is 11.5 Å². The molecule has 10 heteroatoms. The minimum absolute atomic E-state index is 0.262. The Balaban J connectivity index is 2.10. The zero-order chi connectivity index (χ0) is 17.7. The second kappa shape index (κ2) is 8.15. The molecule has 1 aliphatic rings. The van der Waals surface area contributed by atoms with E-state index >= 15 is 0 Å². The molecule has 0 unspecified atom stereocenters. The summed E-state index contributed by atoms with van der Waals surface area (Å²) in [6.07, 6.45) is 1.22. The van der Waals surface area contributed by atoms with Gasteiger partial charge in [-0.2, -0.15) is 5.10 Å². The molecule has 1 aromatic carbocycles. The third kappa shape index (κ3) is 4.48. The molecule has 0 aromatic heterocycles. The molecule has 1 fully saturated rings. The Morgan fingerprint density at radius 2 is 2.21 bits per heavy atom. The van der Waals surface area contributed by atoms with Crippen molar-refractivity contribution in [3.05, 3.63) is 22.2 Å². The molecule has 1 aromatic rings. The van der Waals surface area contributed by atoms with Crippen LogP contribution in [-0.2, 0) is 9.59 Å². The van der Waals surface area contributed by atoms with Crippen LogP contribution in [-0.4, -0.2) is 47.8 Å². The Bertz CT molecular complexity index is 723. The molecule has 1 aliphatic heterocycles. The first-order chi connectivity index (χ1) is 11.4. The van der Waals surface area contributed by atoms with Crippen molar-refractivity contribution in [1.82, 2.24) is 5.32 Å². The molecule has 128 valence electrons. The van der Waals surface area contributed by atoms with Gasteiger partial charge < -0.3 is 19.9 Å². The number of halogens is 1. The van der Waals surface area contributed by atoms with Crippen LogP contribution in [0.1, 0.15) is 12.0 Å². The Labute approximate surface area is 150 Å². The zero-order valence-electron chi connectivity index (χ0n) is 12.8. The number of carbonyl (C=O) groups is 2. The Morgan fingerprint density at radius 1 is 1.46 bits per heavy atom. The van der Waals surface area contributed by atoms with Crippen LogP contribution in [0.2, 0.25) is 0 Å². The molecule has 2 rings (SSSR count). The van der Waals surface area contributed by atoms with Crippen LogP contribution in [0.5, 0.6) is 11.5 Å². The van der Waals surface area contributed by atoms with Crippen LogP contribution >= 0.6 is 27.7 Å². The van der Waals surface area contributed by atoms with Crippen molar-refractivity contribution in [3.63, 3.8) is 0 Å². The summed E-state index contributed by atoms with van der Waals surface area (Å²) in [5.41, 5.74) is 0.709. The number of hydrogen-bond donors (Lipinski definition) is 2. The molecule has 8 nitrogen and oxygen atoms in total. The van der Waals surface area contributed by atoms with E-state index in [1.54, 1.807) is 12.1 Å². The Hall–Kier alpha value is -2.07. The van der Waals surface area contributed by atoms with Gasteiger partial charge in [-0.3, -0.25) is 9.59 Å². The van der Waals surface area contributed by atoms with Crippen molar-refractivity contribution < 1.29 is 24.2 Å². The van der Waals surface area contributed by atoms with Crippen molar-refractivity contribution in [2.75, 3.05) is 14.2 Å². The maximum absolute atomic E-state index is 11.6. The van der Waals surface area contributed by atoms with E-state index < -0.39 is 11.2 Å². The van der Waals surface area contributed by atoms with Gasteiger partial charge in [-0.1, -0.05) is 11.8 Å². The summed E-state index contributed by atoms with van der Waals surface area (Å²) < 4.78 is 11.2. The van der Waals surface area contributed by atoms with Gasteiger partial charge in [-0.25, -0.2) is 0 Å². The van der Waals surface area contributed by atoms with E-state index in [4.69, 9.17) is 14.6 Å². The molecule has 1 atom stereocenters. The fraction of sp³-hybridized carbons (Fsp3) is 0.286. The number of methoxy groups -OCH3 is 2. The Kier molecular flexibility index (Phi) is 6.21. The van der Waals surface area contributed by atoms with Gasteiger partial charge >= 0.3 is 5.97 Å². The highest BCUT2D eigenvalue weighted by molar-refractivity contribution is 9.10. The molecule has 1 heterocycles. The Morgan fingerprint density at radius 3 is 2.83 bits per heavy atom. The number of amidine groups is 1. The van der Waals surface area contributed by atoms with E-state index in [9.17, 15) is 9.59 Å². The van der Waals surface area contributed by atoms with Crippen molar-refractivity contribution in [2.45, 2.75) is 11.7 Å². The molecule has 0 aliphatic carbocycles. The van der Waals surface area contributed by atoms with Crippen LogP contribution in [0.25, 0.3) is 0 Å². The van der Waals surface area contributed by atoms with Crippen molar-refractivity contribution >= 4 is 51.0 Å². The standard InChI is InChI=1S/C14H14BrN3O5S/c1-22-9-4-7(3-8(15)12(9)23-2)6-16-18-14-17-13(21)10(24-14)5-11(19)20/h3-4,6,10H,5H2,1-2H3,(H,19,20)(H,17,18,21)/b16-6-/t10-/m1/s1. The first-order valence-corrected chi connectivity index (χ1v) is 8.33. The lowest BCUT2D eigenvalue weighted by Crippen LogP contribution is -2.26. The number of hydrogen-bond acceptors (Lipinski definition) is 7. The largest absolute Gasteiger partial charge is 0.493 e. The van der Waals surface area contributed by atoms with Gasteiger partial charge in [0, 0.05) is 0 Å². The van der Waals surface area contributed by atoms with Gasteiger partial charge in [0.25, 0.3) is 0 Å². The number of nitrogens with zero attached hydrogens (tertiary/aromatic N) is 2. The molecule has 0 bridgehead atoms. The maximum Gasteiger partial charge on any atom is 0.305 e. The molecule has 0 radical (unpaired) electrons. The van der Waals surface area contributed by atoms with Crippen LogP contribution in [0.15, 0.2) is 26.8 Å². The summed E-state index contributed by atoms with van der Waals surface area (Å²) >= 11 is 4.42. The SMILES string of the molecule is COc1cc(/C=N\N=C2\NC(=O)[C@@H](CC(=O)O)S2)cc(Br)c1OC. The molecule has 1 saturated heterocycles. The van der Waals surface area contributed by atoms with Crippen molar-refractivity contribution in [2.24, 2.45) is 10.2 Å². The average Bonchev–Trinajstić information content (AvgIpc) is 2.85. The highest BCUT2D eigenvalue weighted by Crippen LogP contribution is 2.35. The lowest BCUT2D eigenvalue weighted by atomic mass is 10.2. The number of ether oxygens (including phenoxy) is 2. The second-order valence-corrected chi connectivity index (χ2v) is 6.63. The predicted octanol–water partition coefficient (Wildman–Crippen LogP) is 1.86. The number of carbonyl (C=O) groups excluding carboxylic acids is 1. The second-order valence-electron chi connectivity index (χ2n) is 4.58. The van der Waals surface area contributed by atoms with Gasteiger partial charge in [0.1, 0.15) is 5.25 Å². The van der Waals surface area contributed by atoms with E-state index in [0.717, 1.165) is 11.8 Å². The number of rotatable bonds is 6. The van der Waals surface area contributed by atoms with Gasteiger partial charge in [0.15, 0.2) is 16.7 Å². The molecule has 1 amide bonds. The fourth-order valence-electron chi connectivity index (χ4n) is 1.91. The lowest BCUT2D eigenvalue weighted by molar-refractivity contribution is -0.138. The lowest BCUT2D eigenvalue weighted by Gasteiger charge is -2.09. The first kappa shape index (κ1) is 18.3. The monoisotopic (exact) mass is 415 g/mol. The number of amides is 1.